The molecule has 0 radical (unpaired) electrons. The Hall–Kier alpha value is -1.09. The Morgan fingerprint density at radius 1 is 0.923 bits per heavy atom. The molecule has 0 saturated carbocycles. The Morgan fingerprint density at radius 3 is 1.77 bits per heavy atom. The monoisotopic (exact) mass is 368 g/mol. The van der Waals surface area contributed by atoms with Crippen molar-refractivity contribution in [2.45, 2.75) is 92.4 Å². The van der Waals surface area contributed by atoms with E-state index in [4.69, 9.17) is 9.84 Å². The smallest absolute Gasteiger partial charge is 0.305 e. The minimum atomic E-state index is -0.0934. The minimum absolute atomic E-state index is 0.0934. The molecule has 26 heavy (non-hydrogen) atoms. The molecule has 0 heterocycles. The van der Waals surface area contributed by atoms with Crippen molar-refractivity contribution in [1.82, 2.24) is 0 Å². The first-order valence-electron chi connectivity index (χ1n) is 10.3. The average Bonchev–Trinajstić information content (AvgIpc) is 2.54. The van der Waals surface area contributed by atoms with Crippen LogP contribution in [0.1, 0.15) is 92.4 Å². The van der Waals surface area contributed by atoms with Crippen molar-refractivity contribution in [2.75, 3.05) is 13.2 Å². The van der Waals surface area contributed by atoms with Gasteiger partial charge in [-0.05, 0) is 64.2 Å². The van der Waals surface area contributed by atoms with Crippen molar-refractivity contribution in [3.63, 3.8) is 0 Å². The standard InChI is InChI=1S/C13H24O2.C10H20O/c1-5-13(14)15-10-9-12(4)8-6-7-11(2)3;1-9(2)5-4-6-10(3)7-8-11/h12H,2,5-10H2,1,3-4H3;10-11H,1,4-8H2,2-3H3. The molecular weight excluding hydrogens is 324 g/mol. The molecule has 0 spiro atoms. The molecule has 2 unspecified atom stereocenters. The summed E-state index contributed by atoms with van der Waals surface area (Å²) in [5, 5.41) is 8.63. The third-order valence-corrected chi connectivity index (χ3v) is 4.39. The molecule has 1 N–H and O–H groups in total. The van der Waals surface area contributed by atoms with E-state index >= 15 is 0 Å². The number of hydrogen-bond donors (Lipinski definition) is 1. The second-order valence-corrected chi connectivity index (χ2v) is 7.78. The molecule has 154 valence electrons. The van der Waals surface area contributed by atoms with Gasteiger partial charge in [-0.15, -0.1) is 13.2 Å². The van der Waals surface area contributed by atoms with Gasteiger partial charge in [0.25, 0.3) is 0 Å². The molecule has 0 amide bonds. The zero-order valence-corrected chi connectivity index (χ0v) is 18.1. The van der Waals surface area contributed by atoms with Crippen molar-refractivity contribution in [1.29, 1.82) is 0 Å². The first-order valence-corrected chi connectivity index (χ1v) is 10.3. The van der Waals surface area contributed by atoms with Crippen LogP contribution >= 0.6 is 0 Å². The second kappa shape index (κ2) is 18.7. The molecule has 0 aliphatic rings. The summed E-state index contributed by atoms with van der Waals surface area (Å²) in [6.07, 6.45) is 9.45. The van der Waals surface area contributed by atoms with Gasteiger partial charge >= 0.3 is 5.97 Å². The summed E-state index contributed by atoms with van der Waals surface area (Å²) in [6, 6.07) is 0. The van der Waals surface area contributed by atoms with E-state index in [0.29, 0.717) is 31.5 Å². The van der Waals surface area contributed by atoms with Crippen LogP contribution < -0.4 is 0 Å². The van der Waals surface area contributed by atoms with Crippen molar-refractivity contribution in [2.24, 2.45) is 11.8 Å². The number of aliphatic hydroxyl groups excluding tert-OH is 1. The van der Waals surface area contributed by atoms with Crippen LogP contribution in [0.2, 0.25) is 0 Å². The maximum absolute atomic E-state index is 10.9. The van der Waals surface area contributed by atoms with Crippen LogP contribution in [0, 0.1) is 11.8 Å². The third-order valence-electron chi connectivity index (χ3n) is 4.39. The van der Waals surface area contributed by atoms with E-state index in [2.05, 4.69) is 40.9 Å². The molecule has 0 bridgehead atoms. The number of aliphatic hydroxyl groups is 1. The Kier molecular flexibility index (Phi) is 19.5. The van der Waals surface area contributed by atoms with E-state index in [1.165, 1.54) is 36.8 Å². The van der Waals surface area contributed by atoms with Crippen molar-refractivity contribution >= 4 is 5.97 Å². The summed E-state index contributed by atoms with van der Waals surface area (Å²) < 4.78 is 5.03. The average molecular weight is 369 g/mol. The zero-order valence-electron chi connectivity index (χ0n) is 18.1. The number of esters is 1. The summed E-state index contributed by atoms with van der Waals surface area (Å²) >= 11 is 0. The third kappa shape index (κ3) is 22.9. The molecule has 0 aromatic rings. The summed E-state index contributed by atoms with van der Waals surface area (Å²) in [7, 11) is 0. The predicted octanol–water partition coefficient (Wildman–Crippen LogP) is 6.46. The van der Waals surface area contributed by atoms with Gasteiger partial charge in [-0.25, -0.2) is 0 Å². The zero-order chi connectivity index (χ0) is 20.4. The number of allylic oxidation sites excluding steroid dienone is 2. The molecule has 0 aromatic heterocycles. The minimum Gasteiger partial charge on any atom is -0.466 e. The first-order chi connectivity index (χ1) is 12.2. The van der Waals surface area contributed by atoms with E-state index in [1.807, 2.05) is 6.92 Å². The molecule has 0 aliphatic heterocycles. The lowest BCUT2D eigenvalue weighted by molar-refractivity contribution is -0.143. The summed E-state index contributed by atoms with van der Waals surface area (Å²) in [5.74, 6) is 1.21. The second-order valence-electron chi connectivity index (χ2n) is 7.78. The quantitative estimate of drug-likeness (QED) is 0.282. The SMILES string of the molecule is C=C(C)CCCC(C)CCO.C=C(C)CCCC(C)CCOC(=O)CC. The van der Waals surface area contributed by atoms with Gasteiger partial charge in [-0.3, -0.25) is 4.79 Å². The Morgan fingerprint density at radius 2 is 1.38 bits per heavy atom. The van der Waals surface area contributed by atoms with Gasteiger partial charge in [0, 0.05) is 13.0 Å². The van der Waals surface area contributed by atoms with Gasteiger partial charge in [-0.2, -0.15) is 0 Å². The molecular formula is C23H44O3. The largest absolute Gasteiger partial charge is 0.466 e. The van der Waals surface area contributed by atoms with Gasteiger partial charge in [0.05, 0.1) is 6.61 Å². The van der Waals surface area contributed by atoms with Crippen LogP contribution in [0.3, 0.4) is 0 Å². The van der Waals surface area contributed by atoms with Crippen LogP contribution in [0.25, 0.3) is 0 Å². The first kappa shape index (κ1) is 27.1. The fraction of sp³-hybridized carbons (Fsp3) is 0.783. The number of carbonyl (C=O) groups is 1. The topological polar surface area (TPSA) is 46.5 Å². The van der Waals surface area contributed by atoms with Gasteiger partial charge in [0.1, 0.15) is 0 Å². The van der Waals surface area contributed by atoms with Crippen LogP contribution in [-0.4, -0.2) is 24.3 Å². The maximum atomic E-state index is 10.9. The number of carbonyl (C=O) groups excluding carboxylic acids is 1. The molecule has 2 atom stereocenters. The molecule has 0 saturated heterocycles. The Balaban J connectivity index is 0. The van der Waals surface area contributed by atoms with E-state index in [0.717, 1.165) is 25.7 Å². The Labute approximate surface area is 162 Å². The van der Waals surface area contributed by atoms with E-state index in [-0.39, 0.29) is 5.97 Å². The lowest BCUT2D eigenvalue weighted by Crippen LogP contribution is -2.07. The highest BCUT2D eigenvalue weighted by Gasteiger charge is 2.04. The van der Waals surface area contributed by atoms with Gasteiger partial charge in [-0.1, -0.05) is 44.8 Å². The highest BCUT2D eigenvalue weighted by Crippen LogP contribution is 2.14. The molecule has 3 heteroatoms. The molecule has 3 nitrogen and oxygen atoms in total. The number of rotatable bonds is 14. The van der Waals surface area contributed by atoms with Crippen LogP contribution in [0.15, 0.2) is 24.3 Å². The summed E-state index contributed by atoms with van der Waals surface area (Å²) in [5.41, 5.74) is 2.51. The summed E-state index contributed by atoms with van der Waals surface area (Å²) in [6.45, 7) is 19.0. The van der Waals surface area contributed by atoms with Crippen LogP contribution in [0.5, 0.6) is 0 Å². The van der Waals surface area contributed by atoms with Crippen LogP contribution in [-0.2, 0) is 9.53 Å². The van der Waals surface area contributed by atoms with Gasteiger partial charge in [0.2, 0.25) is 0 Å². The van der Waals surface area contributed by atoms with Crippen molar-refractivity contribution < 1.29 is 14.6 Å². The fourth-order valence-corrected chi connectivity index (χ4v) is 2.49. The molecule has 0 aromatic carbocycles. The molecule has 0 rings (SSSR count). The molecule has 0 fully saturated rings. The lowest BCUT2D eigenvalue weighted by Gasteiger charge is -2.11. The highest BCUT2D eigenvalue weighted by atomic mass is 16.5. The number of ether oxygens (including phenoxy) is 1. The van der Waals surface area contributed by atoms with Gasteiger partial charge < -0.3 is 9.84 Å². The van der Waals surface area contributed by atoms with E-state index < -0.39 is 0 Å². The van der Waals surface area contributed by atoms with E-state index in [9.17, 15) is 4.79 Å². The van der Waals surface area contributed by atoms with Crippen molar-refractivity contribution in [3.05, 3.63) is 24.3 Å². The normalized spacial score (nSPS) is 12.5. The maximum Gasteiger partial charge on any atom is 0.305 e. The fourth-order valence-electron chi connectivity index (χ4n) is 2.49. The van der Waals surface area contributed by atoms with Crippen LogP contribution in [0.4, 0.5) is 0 Å². The Bertz CT molecular complexity index is 374. The molecule has 0 aliphatic carbocycles. The van der Waals surface area contributed by atoms with E-state index in [1.54, 1.807) is 0 Å². The predicted molar refractivity (Wildman–Crippen MR) is 113 cm³/mol. The van der Waals surface area contributed by atoms with Crippen molar-refractivity contribution in [3.8, 4) is 0 Å². The van der Waals surface area contributed by atoms with Gasteiger partial charge in [0.15, 0.2) is 0 Å². The highest BCUT2D eigenvalue weighted by molar-refractivity contribution is 5.68. The number of hydrogen-bond acceptors (Lipinski definition) is 3. The summed E-state index contributed by atoms with van der Waals surface area (Å²) in [4.78, 5) is 10.9. The lowest BCUT2D eigenvalue weighted by atomic mass is 9.99.